The van der Waals surface area contributed by atoms with Gasteiger partial charge in [-0.25, -0.2) is 4.79 Å². The predicted molar refractivity (Wildman–Crippen MR) is 139 cm³/mol. The van der Waals surface area contributed by atoms with Gasteiger partial charge >= 0.3 is 5.97 Å². The van der Waals surface area contributed by atoms with Crippen LogP contribution in [0.25, 0.3) is 0 Å². The van der Waals surface area contributed by atoms with E-state index in [4.69, 9.17) is 43.0 Å². The Morgan fingerprint density at radius 3 is 1.38 bits per heavy atom. The molecule has 0 heterocycles. The van der Waals surface area contributed by atoms with E-state index in [1.54, 1.807) is 0 Å². The second kappa shape index (κ2) is 27.2. The molecule has 13 nitrogen and oxygen atoms in total. The van der Waals surface area contributed by atoms with Gasteiger partial charge in [-0.15, -0.1) is 0 Å². The van der Waals surface area contributed by atoms with E-state index in [-0.39, 0.29) is 6.61 Å². The molecule has 0 atom stereocenters. The molecule has 1 aromatic rings. The van der Waals surface area contributed by atoms with Crippen LogP contribution in [0.4, 0.5) is 0 Å². The molecule has 2 N–H and O–H groups in total. The standard InChI is InChI=1S/C26H43NO12/c28-25(22-38-23-26(29)30)27-6-7-31-8-9-32-10-11-33-12-13-34-14-15-35-16-17-36-18-19-37-20-21-39-24-4-2-1-3-5-24/h1-5H,6-23H2,(H,27,28)(H,29,30). The van der Waals surface area contributed by atoms with E-state index < -0.39 is 18.5 Å². The minimum Gasteiger partial charge on any atom is -0.491 e. The van der Waals surface area contributed by atoms with Crippen LogP contribution in [0.2, 0.25) is 0 Å². The van der Waals surface area contributed by atoms with Crippen LogP contribution in [0, 0.1) is 0 Å². The third kappa shape index (κ3) is 25.7. The lowest BCUT2D eigenvalue weighted by molar-refractivity contribution is -0.143. The van der Waals surface area contributed by atoms with Crippen LogP contribution in [0.15, 0.2) is 30.3 Å². The number of rotatable bonds is 29. The quantitative estimate of drug-likeness (QED) is 0.130. The predicted octanol–water partition coefficient (Wildman–Crippen LogP) is 0.399. The van der Waals surface area contributed by atoms with Crippen molar-refractivity contribution in [3.05, 3.63) is 30.3 Å². The van der Waals surface area contributed by atoms with Crippen molar-refractivity contribution in [2.24, 2.45) is 0 Å². The highest BCUT2D eigenvalue weighted by Crippen LogP contribution is 2.07. The maximum Gasteiger partial charge on any atom is 0.329 e. The van der Waals surface area contributed by atoms with Crippen molar-refractivity contribution in [2.75, 3.05) is 119 Å². The van der Waals surface area contributed by atoms with Crippen LogP contribution in [0.3, 0.4) is 0 Å². The zero-order valence-electron chi connectivity index (χ0n) is 22.6. The fourth-order valence-corrected chi connectivity index (χ4v) is 2.70. The van der Waals surface area contributed by atoms with Crippen molar-refractivity contribution in [3.63, 3.8) is 0 Å². The van der Waals surface area contributed by atoms with Crippen LogP contribution in [-0.2, 0) is 47.5 Å². The Morgan fingerprint density at radius 1 is 0.538 bits per heavy atom. The molecule has 0 fully saturated rings. The normalized spacial score (nSPS) is 11.0. The second-order valence-electron chi connectivity index (χ2n) is 7.68. The first-order chi connectivity index (χ1) is 19.2. The lowest BCUT2D eigenvalue weighted by Crippen LogP contribution is -2.31. The molecule has 0 saturated carbocycles. The number of hydrogen-bond acceptors (Lipinski definition) is 11. The fourth-order valence-electron chi connectivity index (χ4n) is 2.70. The lowest BCUT2D eigenvalue weighted by atomic mass is 10.3. The molecule has 0 aliphatic heterocycles. The van der Waals surface area contributed by atoms with Gasteiger partial charge in [0.25, 0.3) is 0 Å². The average Bonchev–Trinajstić information content (AvgIpc) is 2.93. The summed E-state index contributed by atoms with van der Waals surface area (Å²) >= 11 is 0. The molecule has 0 radical (unpaired) electrons. The summed E-state index contributed by atoms with van der Waals surface area (Å²) < 4.78 is 48.1. The average molecular weight is 562 g/mol. The molecule has 1 amide bonds. The molecule has 0 aromatic heterocycles. The van der Waals surface area contributed by atoms with Crippen molar-refractivity contribution in [3.8, 4) is 5.75 Å². The number of aliphatic carboxylic acids is 1. The third-order valence-electron chi connectivity index (χ3n) is 4.50. The summed E-state index contributed by atoms with van der Waals surface area (Å²) in [6.07, 6.45) is 0. The van der Waals surface area contributed by atoms with Crippen LogP contribution < -0.4 is 10.1 Å². The smallest absolute Gasteiger partial charge is 0.329 e. The van der Waals surface area contributed by atoms with Gasteiger partial charge in [0.2, 0.25) is 5.91 Å². The summed E-state index contributed by atoms with van der Waals surface area (Å²) in [4.78, 5) is 21.6. The van der Waals surface area contributed by atoms with E-state index in [0.29, 0.717) is 106 Å². The summed E-state index contributed by atoms with van der Waals surface area (Å²) in [5, 5.41) is 10.9. The van der Waals surface area contributed by atoms with Crippen molar-refractivity contribution < 1.29 is 57.3 Å². The molecule has 0 aliphatic carbocycles. The van der Waals surface area contributed by atoms with Gasteiger partial charge in [0.15, 0.2) is 0 Å². The maximum absolute atomic E-state index is 11.3. The van der Waals surface area contributed by atoms with E-state index in [2.05, 4.69) is 10.1 Å². The molecule has 0 unspecified atom stereocenters. The zero-order valence-corrected chi connectivity index (χ0v) is 22.6. The van der Waals surface area contributed by atoms with E-state index in [9.17, 15) is 9.59 Å². The van der Waals surface area contributed by atoms with Gasteiger partial charge in [-0.05, 0) is 12.1 Å². The highest BCUT2D eigenvalue weighted by molar-refractivity contribution is 5.77. The molecule has 1 aromatic carbocycles. The van der Waals surface area contributed by atoms with Crippen molar-refractivity contribution in [1.82, 2.24) is 5.32 Å². The Kier molecular flexibility index (Phi) is 24.2. The Hall–Kier alpha value is -2.36. The van der Waals surface area contributed by atoms with Crippen LogP contribution in [0.5, 0.6) is 5.75 Å². The van der Waals surface area contributed by atoms with E-state index in [0.717, 1.165) is 5.75 Å². The van der Waals surface area contributed by atoms with Gasteiger partial charge in [-0.1, -0.05) is 18.2 Å². The zero-order chi connectivity index (χ0) is 28.1. The number of ether oxygens (including phenoxy) is 9. The number of carbonyl (C=O) groups is 2. The maximum atomic E-state index is 11.3. The third-order valence-corrected chi connectivity index (χ3v) is 4.50. The van der Waals surface area contributed by atoms with E-state index in [1.807, 2.05) is 30.3 Å². The minimum absolute atomic E-state index is 0.297. The van der Waals surface area contributed by atoms with Gasteiger partial charge in [0.05, 0.1) is 92.5 Å². The number of hydrogen-bond donors (Lipinski definition) is 2. The number of nitrogens with one attached hydrogen (secondary N) is 1. The summed E-state index contributed by atoms with van der Waals surface area (Å²) in [6.45, 7) is 6.46. The van der Waals surface area contributed by atoms with E-state index >= 15 is 0 Å². The summed E-state index contributed by atoms with van der Waals surface area (Å²) in [5.74, 6) is -0.682. The van der Waals surface area contributed by atoms with Gasteiger partial charge in [0, 0.05) is 6.54 Å². The van der Waals surface area contributed by atoms with Crippen LogP contribution in [-0.4, -0.2) is 136 Å². The molecule has 39 heavy (non-hydrogen) atoms. The number of para-hydroxylation sites is 1. The topological polar surface area (TPSA) is 149 Å². The molecule has 13 heteroatoms. The molecule has 0 spiro atoms. The molecule has 0 bridgehead atoms. The Morgan fingerprint density at radius 2 is 0.949 bits per heavy atom. The van der Waals surface area contributed by atoms with Crippen molar-refractivity contribution in [1.29, 1.82) is 0 Å². The van der Waals surface area contributed by atoms with E-state index in [1.165, 1.54) is 0 Å². The SMILES string of the molecule is O=C(O)COCC(=O)NCCOCCOCCOCCOCCOCCOCCOCCOc1ccccc1. The fraction of sp³-hybridized carbons (Fsp3) is 0.692. The second-order valence-corrected chi connectivity index (χ2v) is 7.68. The van der Waals surface area contributed by atoms with Crippen LogP contribution in [0.1, 0.15) is 0 Å². The summed E-state index contributed by atoms with van der Waals surface area (Å²) in [5.41, 5.74) is 0. The largest absolute Gasteiger partial charge is 0.491 e. The molecule has 1 rings (SSSR count). The minimum atomic E-state index is -1.12. The van der Waals surface area contributed by atoms with Crippen molar-refractivity contribution in [2.45, 2.75) is 0 Å². The Labute approximate surface area is 229 Å². The number of carbonyl (C=O) groups excluding carboxylic acids is 1. The number of amides is 1. The highest BCUT2D eigenvalue weighted by atomic mass is 16.6. The Bertz CT molecular complexity index is 695. The first-order valence-corrected chi connectivity index (χ1v) is 13.0. The van der Waals surface area contributed by atoms with Gasteiger partial charge in [-0.2, -0.15) is 0 Å². The first kappa shape index (κ1) is 34.7. The molecular formula is C26H43NO12. The molecule has 224 valence electrons. The number of benzene rings is 1. The first-order valence-electron chi connectivity index (χ1n) is 13.0. The summed E-state index contributed by atoms with van der Waals surface area (Å²) in [6, 6.07) is 9.62. The van der Waals surface area contributed by atoms with Gasteiger partial charge < -0.3 is 53.1 Å². The molecular weight excluding hydrogens is 518 g/mol. The number of carboxylic acid groups (broad SMARTS) is 1. The van der Waals surface area contributed by atoms with Crippen molar-refractivity contribution >= 4 is 11.9 Å². The Balaban J connectivity index is 1.66. The monoisotopic (exact) mass is 561 g/mol. The molecule has 0 aliphatic rings. The van der Waals surface area contributed by atoms with Gasteiger partial charge in [0.1, 0.15) is 25.6 Å². The number of carboxylic acids is 1. The molecule has 0 saturated heterocycles. The van der Waals surface area contributed by atoms with Gasteiger partial charge in [-0.3, -0.25) is 4.79 Å². The highest BCUT2D eigenvalue weighted by Gasteiger charge is 2.03. The van der Waals surface area contributed by atoms with Crippen LogP contribution >= 0.6 is 0 Å². The lowest BCUT2D eigenvalue weighted by Gasteiger charge is -2.09. The summed E-state index contributed by atoms with van der Waals surface area (Å²) in [7, 11) is 0.